The number of halogens is 1. The van der Waals surface area contributed by atoms with E-state index < -0.39 is 0 Å². The number of benzene rings is 3. The molecule has 0 N–H and O–H groups in total. The van der Waals surface area contributed by atoms with Gasteiger partial charge in [-0.05, 0) is 84.7 Å². The predicted octanol–water partition coefficient (Wildman–Crippen LogP) is 7.15. The molecule has 2 aliphatic rings. The van der Waals surface area contributed by atoms with E-state index in [0.29, 0.717) is 12.5 Å². The number of piperazine rings is 1. The van der Waals surface area contributed by atoms with Crippen LogP contribution in [0.5, 0.6) is 11.5 Å². The van der Waals surface area contributed by atoms with Crippen molar-refractivity contribution in [2.75, 3.05) is 44.7 Å². The Balaban J connectivity index is 1.20. The summed E-state index contributed by atoms with van der Waals surface area (Å²) in [6, 6.07) is 20.1. The van der Waals surface area contributed by atoms with Crippen molar-refractivity contribution in [3.63, 3.8) is 0 Å². The predicted molar refractivity (Wildman–Crippen MR) is 158 cm³/mol. The van der Waals surface area contributed by atoms with Crippen molar-refractivity contribution >= 4 is 11.3 Å². The summed E-state index contributed by atoms with van der Waals surface area (Å²) in [5.74, 6) is 2.28. The Labute approximate surface area is 233 Å². The van der Waals surface area contributed by atoms with Crippen molar-refractivity contribution in [1.82, 2.24) is 4.90 Å². The summed E-state index contributed by atoms with van der Waals surface area (Å²) in [6.45, 7) is 11.8. The summed E-state index contributed by atoms with van der Waals surface area (Å²) < 4.78 is 26.1. The van der Waals surface area contributed by atoms with E-state index in [0.717, 1.165) is 74.7 Å². The van der Waals surface area contributed by atoms with Crippen LogP contribution in [-0.4, -0.2) is 44.7 Å². The fourth-order valence-electron chi connectivity index (χ4n) is 5.89. The van der Waals surface area contributed by atoms with Crippen LogP contribution in [0.1, 0.15) is 49.4 Å². The summed E-state index contributed by atoms with van der Waals surface area (Å²) in [6.07, 6.45) is 3.14. The van der Waals surface area contributed by atoms with Gasteiger partial charge in [0.15, 0.2) is 0 Å². The zero-order chi connectivity index (χ0) is 27.4. The maximum Gasteiger partial charge on any atom is 0.146 e. The third kappa shape index (κ3) is 6.47. The minimum Gasteiger partial charge on any atom is -0.496 e. The molecule has 0 amide bonds. The molecule has 0 saturated carbocycles. The molecule has 0 bridgehead atoms. The Morgan fingerprint density at radius 2 is 1.72 bits per heavy atom. The van der Waals surface area contributed by atoms with Crippen molar-refractivity contribution in [3.8, 4) is 11.5 Å². The first-order chi connectivity index (χ1) is 18.9. The average Bonchev–Trinajstić information content (AvgIpc) is 2.94. The average molecular weight is 529 g/mol. The van der Waals surface area contributed by atoms with E-state index in [1.807, 2.05) is 12.1 Å². The first kappa shape index (κ1) is 27.3. The lowest BCUT2D eigenvalue weighted by atomic mass is 9.86. The fraction of sp³-hybridized carbons (Fsp3) is 0.412. The van der Waals surface area contributed by atoms with E-state index >= 15 is 0 Å². The topological polar surface area (TPSA) is 24.9 Å². The Hall–Kier alpha value is -3.31. The third-order valence-electron chi connectivity index (χ3n) is 8.08. The molecule has 5 heteroatoms. The van der Waals surface area contributed by atoms with Crippen LogP contribution >= 0.6 is 0 Å². The molecule has 1 fully saturated rings. The zero-order valence-corrected chi connectivity index (χ0v) is 23.8. The molecule has 0 atom stereocenters. The van der Waals surface area contributed by atoms with Crippen LogP contribution in [0.2, 0.25) is 0 Å². The van der Waals surface area contributed by atoms with Gasteiger partial charge in [-0.2, -0.15) is 0 Å². The van der Waals surface area contributed by atoms with Crippen LogP contribution in [0.15, 0.2) is 66.2 Å². The van der Waals surface area contributed by atoms with Gasteiger partial charge >= 0.3 is 0 Å². The van der Waals surface area contributed by atoms with Gasteiger partial charge in [0, 0.05) is 38.3 Å². The van der Waals surface area contributed by atoms with Gasteiger partial charge in [0.05, 0.1) is 12.8 Å². The number of aryl methyl sites for hydroxylation is 1. The molecule has 4 nitrogen and oxygen atoms in total. The number of anilines is 1. The van der Waals surface area contributed by atoms with Crippen molar-refractivity contribution in [3.05, 3.63) is 94.3 Å². The molecule has 0 radical (unpaired) electrons. The second-order valence-corrected chi connectivity index (χ2v) is 11.3. The number of hydrogen-bond acceptors (Lipinski definition) is 4. The van der Waals surface area contributed by atoms with Crippen molar-refractivity contribution in [1.29, 1.82) is 0 Å². The van der Waals surface area contributed by atoms with Crippen molar-refractivity contribution in [2.24, 2.45) is 5.92 Å². The van der Waals surface area contributed by atoms with Gasteiger partial charge in [0.25, 0.3) is 0 Å². The Morgan fingerprint density at radius 3 is 2.46 bits per heavy atom. The lowest BCUT2D eigenvalue weighted by molar-refractivity contribution is 0.275. The quantitative estimate of drug-likeness (QED) is 0.294. The van der Waals surface area contributed by atoms with E-state index in [-0.39, 0.29) is 5.82 Å². The minimum atomic E-state index is -0.129. The highest BCUT2D eigenvalue weighted by atomic mass is 19.1. The number of rotatable bonds is 9. The Bertz CT molecular complexity index is 1320. The SMILES string of the molecule is COc1cc(CC(C)C)ccc1COc1ccc2c(c1)CCC(CN1CCN(c3ccccc3F)CC1)=C2C. The molecule has 1 saturated heterocycles. The van der Waals surface area contributed by atoms with Gasteiger partial charge in [-0.1, -0.05) is 49.8 Å². The Kier molecular flexibility index (Phi) is 8.56. The summed E-state index contributed by atoms with van der Waals surface area (Å²) in [7, 11) is 1.73. The van der Waals surface area contributed by atoms with Crippen LogP contribution < -0.4 is 14.4 Å². The molecule has 1 heterocycles. The van der Waals surface area contributed by atoms with Crippen LogP contribution in [0.3, 0.4) is 0 Å². The number of para-hydroxylation sites is 1. The molecule has 1 aliphatic heterocycles. The Morgan fingerprint density at radius 1 is 0.923 bits per heavy atom. The van der Waals surface area contributed by atoms with E-state index in [4.69, 9.17) is 9.47 Å². The zero-order valence-electron chi connectivity index (χ0n) is 23.8. The van der Waals surface area contributed by atoms with E-state index in [1.165, 1.54) is 27.8 Å². The number of ether oxygens (including phenoxy) is 2. The highest BCUT2D eigenvalue weighted by Crippen LogP contribution is 2.34. The molecule has 0 spiro atoms. The van der Waals surface area contributed by atoms with E-state index in [9.17, 15) is 4.39 Å². The number of hydrogen-bond donors (Lipinski definition) is 0. The molecule has 39 heavy (non-hydrogen) atoms. The summed E-state index contributed by atoms with van der Waals surface area (Å²) >= 11 is 0. The molecule has 3 aromatic rings. The van der Waals surface area contributed by atoms with Crippen LogP contribution in [0.4, 0.5) is 10.1 Å². The van der Waals surface area contributed by atoms with Gasteiger partial charge in [-0.25, -0.2) is 4.39 Å². The van der Waals surface area contributed by atoms with E-state index in [2.05, 4.69) is 67.0 Å². The molecule has 0 unspecified atom stereocenters. The standard InChI is InChI=1S/C34H41FN2O2/c1-24(2)19-26-9-10-29(34(20-26)38-4)23-39-30-13-14-31-25(3)28(12-11-27(31)21-30)22-36-15-17-37(18-16-36)33-8-6-5-7-32(33)35/h5-10,13-14,20-21,24H,11-12,15-19,22-23H2,1-4H3. The van der Waals surface area contributed by atoms with Crippen LogP contribution in [0, 0.1) is 11.7 Å². The molecule has 3 aromatic carbocycles. The maximum atomic E-state index is 14.2. The van der Waals surface area contributed by atoms with Gasteiger partial charge < -0.3 is 14.4 Å². The maximum absolute atomic E-state index is 14.2. The number of nitrogens with zero attached hydrogens (tertiary/aromatic N) is 2. The van der Waals surface area contributed by atoms with Crippen molar-refractivity contribution < 1.29 is 13.9 Å². The normalized spacial score (nSPS) is 16.0. The summed E-state index contributed by atoms with van der Waals surface area (Å²) in [5, 5.41) is 0. The summed E-state index contributed by atoms with van der Waals surface area (Å²) in [5.41, 5.74) is 8.68. The monoisotopic (exact) mass is 528 g/mol. The first-order valence-electron chi connectivity index (χ1n) is 14.2. The molecular formula is C34H41FN2O2. The molecular weight excluding hydrogens is 487 g/mol. The highest BCUT2D eigenvalue weighted by Gasteiger charge is 2.23. The molecule has 0 aromatic heterocycles. The van der Waals surface area contributed by atoms with Crippen molar-refractivity contribution in [2.45, 2.75) is 46.6 Å². The lowest BCUT2D eigenvalue weighted by Gasteiger charge is -2.37. The molecule has 1 aliphatic carbocycles. The lowest BCUT2D eigenvalue weighted by Crippen LogP contribution is -2.47. The number of methoxy groups -OCH3 is 1. The number of allylic oxidation sites excluding steroid dienone is 1. The minimum absolute atomic E-state index is 0.129. The fourth-order valence-corrected chi connectivity index (χ4v) is 5.89. The van der Waals surface area contributed by atoms with Gasteiger partial charge in [0.1, 0.15) is 23.9 Å². The van der Waals surface area contributed by atoms with E-state index in [1.54, 1.807) is 19.2 Å². The second-order valence-electron chi connectivity index (χ2n) is 11.3. The second kappa shape index (κ2) is 12.3. The van der Waals surface area contributed by atoms with Gasteiger partial charge in [-0.3, -0.25) is 4.90 Å². The molecule has 206 valence electrons. The van der Waals surface area contributed by atoms with Gasteiger partial charge in [0.2, 0.25) is 0 Å². The third-order valence-corrected chi connectivity index (χ3v) is 8.08. The smallest absolute Gasteiger partial charge is 0.146 e. The van der Waals surface area contributed by atoms with Crippen LogP contribution in [0.25, 0.3) is 5.57 Å². The first-order valence-corrected chi connectivity index (χ1v) is 14.2. The number of fused-ring (bicyclic) bond motifs is 1. The van der Waals surface area contributed by atoms with Gasteiger partial charge in [-0.15, -0.1) is 0 Å². The summed E-state index contributed by atoms with van der Waals surface area (Å²) in [4.78, 5) is 4.68. The highest BCUT2D eigenvalue weighted by molar-refractivity contribution is 5.72. The molecule has 5 rings (SSSR count). The van der Waals surface area contributed by atoms with Crippen LogP contribution in [-0.2, 0) is 19.4 Å². The largest absolute Gasteiger partial charge is 0.496 e.